The molecular formula is C19H17N3O3S. The molecule has 1 aromatic carbocycles. The van der Waals surface area contributed by atoms with Crippen LogP contribution in [0.5, 0.6) is 0 Å². The van der Waals surface area contributed by atoms with Gasteiger partial charge in [-0.05, 0) is 32.9 Å². The second-order valence-corrected chi connectivity index (χ2v) is 7.35. The number of Topliss-reactive ketones (excluding diaryl/α,β-unsaturated/α-hetero) is 1. The second kappa shape index (κ2) is 6.49. The first kappa shape index (κ1) is 16.7. The molecule has 0 unspecified atom stereocenters. The van der Waals surface area contributed by atoms with Crippen molar-refractivity contribution in [1.82, 2.24) is 15.2 Å². The highest BCUT2D eigenvalue weighted by molar-refractivity contribution is 8.00. The van der Waals surface area contributed by atoms with Crippen LogP contribution in [0.4, 0.5) is 0 Å². The second-order valence-electron chi connectivity index (χ2n) is 6.06. The van der Waals surface area contributed by atoms with E-state index in [1.54, 1.807) is 12.3 Å². The molecular weight excluding hydrogens is 350 g/mol. The Labute approximate surface area is 154 Å². The molecule has 4 aromatic rings. The molecule has 0 aliphatic rings. The molecule has 0 bridgehead atoms. The van der Waals surface area contributed by atoms with Gasteiger partial charge >= 0.3 is 0 Å². The van der Waals surface area contributed by atoms with Gasteiger partial charge in [0, 0.05) is 22.2 Å². The lowest BCUT2D eigenvalue weighted by atomic mass is 10.1. The van der Waals surface area contributed by atoms with Gasteiger partial charge < -0.3 is 13.8 Å². The van der Waals surface area contributed by atoms with Crippen LogP contribution >= 0.6 is 11.8 Å². The molecule has 3 aromatic heterocycles. The molecule has 0 radical (unpaired) electrons. The third-order valence-corrected chi connectivity index (χ3v) is 5.22. The molecule has 0 saturated carbocycles. The molecule has 6 nitrogen and oxygen atoms in total. The van der Waals surface area contributed by atoms with E-state index < -0.39 is 0 Å². The van der Waals surface area contributed by atoms with E-state index in [9.17, 15) is 4.79 Å². The van der Waals surface area contributed by atoms with Crippen LogP contribution in [0.2, 0.25) is 0 Å². The molecule has 0 aliphatic carbocycles. The number of H-pyrrole nitrogens is 1. The number of nitrogens with one attached hydrogen (secondary N) is 1. The Morgan fingerprint density at radius 3 is 2.77 bits per heavy atom. The molecule has 7 heteroatoms. The lowest BCUT2D eigenvalue weighted by Gasteiger charge is -2.07. The van der Waals surface area contributed by atoms with E-state index >= 15 is 0 Å². The van der Waals surface area contributed by atoms with E-state index in [2.05, 4.69) is 15.2 Å². The number of fused-ring (bicyclic) bond motifs is 1. The van der Waals surface area contributed by atoms with Crippen LogP contribution in [-0.4, -0.2) is 26.2 Å². The molecule has 0 amide bonds. The van der Waals surface area contributed by atoms with Crippen molar-refractivity contribution in [3.63, 3.8) is 0 Å². The summed E-state index contributed by atoms with van der Waals surface area (Å²) in [5.41, 5.74) is 3.30. The van der Waals surface area contributed by atoms with Crippen molar-refractivity contribution < 1.29 is 13.6 Å². The van der Waals surface area contributed by atoms with E-state index in [-0.39, 0.29) is 11.0 Å². The maximum Gasteiger partial charge on any atom is 0.277 e. The van der Waals surface area contributed by atoms with Gasteiger partial charge in [-0.3, -0.25) is 4.79 Å². The number of aromatic nitrogens is 3. The van der Waals surface area contributed by atoms with E-state index in [1.807, 2.05) is 45.0 Å². The highest BCUT2D eigenvalue weighted by Crippen LogP contribution is 2.31. The minimum Gasteiger partial charge on any atom is -0.469 e. The van der Waals surface area contributed by atoms with Crippen LogP contribution in [0.3, 0.4) is 0 Å². The SMILES string of the molecule is Cc1[nH]c2ccccc2c1C(=O)[C@H](C)Sc1nnc(-c2ccoc2C)o1. The van der Waals surface area contributed by atoms with Crippen LogP contribution in [0.15, 0.2) is 50.7 Å². The lowest BCUT2D eigenvalue weighted by molar-refractivity contribution is 0.0994. The summed E-state index contributed by atoms with van der Waals surface area (Å²) in [6, 6.07) is 9.58. The van der Waals surface area contributed by atoms with E-state index in [1.165, 1.54) is 11.8 Å². The Kier molecular flexibility index (Phi) is 4.16. The van der Waals surface area contributed by atoms with Crippen molar-refractivity contribution in [2.45, 2.75) is 31.2 Å². The van der Waals surface area contributed by atoms with Crippen molar-refractivity contribution in [1.29, 1.82) is 0 Å². The Bertz CT molecular complexity index is 1090. The Hall–Kier alpha value is -2.80. The molecule has 0 aliphatic heterocycles. The average molecular weight is 367 g/mol. The summed E-state index contributed by atoms with van der Waals surface area (Å²) in [7, 11) is 0. The van der Waals surface area contributed by atoms with Gasteiger partial charge in [-0.25, -0.2) is 0 Å². The third kappa shape index (κ3) is 2.84. The van der Waals surface area contributed by atoms with Crippen molar-refractivity contribution in [3.8, 4) is 11.5 Å². The fourth-order valence-electron chi connectivity index (χ4n) is 2.98. The fourth-order valence-corrected chi connectivity index (χ4v) is 3.72. The normalized spacial score (nSPS) is 12.6. The number of carbonyl (C=O) groups is 1. The van der Waals surface area contributed by atoms with Gasteiger partial charge in [0.15, 0.2) is 5.78 Å². The van der Waals surface area contributed by atoms with Gasteiger partial charge in [0.25, 0.3) is 11.1 Å². The summed E-state index contributed by atoms with van der Waals surface area (Å²) >= 11 is 1.26. The summed E-state index contributed by atoms with van der Waals surface area (Å²) in [6.07, 6.45) is 1.58. The van der Waals surface area contributed by atoms with Gasteiger partial charge in [0.05, 0.1) is 17.1 Å². The standard InChI is InChI=1S/C19H17N3O3S/c1-10-16(14-6-4-5-7-15(14)20-10)17(23)12(3)26-19-22-21-18(25-19)13-8-9-24-11(13)2/h4-9,12,20H,1-3H3/t12-/m0/s1. The molecule has 0 saturated heterocycles. The van der Waals surface area contributed by atoms with Crippen molar-refractivity contribution in [3.05, 3.63) is 53.6 Å². The minimum absolute atomic E-state index is 0.0317. The molecule has 3 heterocycles. The number of nitrogens with zero attached hydrogens (tertiary/aromatic N) is 2. The van der Waals surface area contributed by atoms with Crippen molar-refractivity contribution >= 4 is 28.4 Å². The van der Waals surface area contributed by atoms with Crippen molar-refractivity contribution in [2.75, 3.05) is 0 Å². The largest absolute Gasteiger partial charge is 0.469 e. The zero-order valence-electron chi connectivity index (χ0n) is 14.6. The van der Waals surface area contributed by atoms with E-state index in [4.69, 9.17) is 8.83 Å². The number of furan rings is 1. The zero-order chi connectivity index (χ0) is 18.3. The molecule has 0 spiro atoms. The average Bonchev–Trinajstić information content (AvgIpc) is 3.32. The van der Waals surface area contributed by atoms with E-state index in [0.717, 1.165) is 22.2 Å². The molecule has 4 rings (SSSR count). The molecule has 132 valence electrons. The predicted octanol–water partition coefficient (Wildman–Crippen LogP) is 4.79. The summed E-state index contributed by atoms with van der Waals surface area (Å²) < 4.78 is 10.9. The highest BCUT2D eigenvalue weighted by Gasteiger charge is 2.24. The van der Waals surface area contributed by atoms with E-state index in [0.29, 0.717) is 22.4 Å². The Morgan fingerprint density at radius 2 is 2.00 bits per heavy atom. The molecule has 1 atom stereocenters. The van der Waals surface area contributed by atoms with Gasteiger partial charge in [-0.2, -0.15) is 0 Å². The van der Waals surface area contributed by atoms with Gasteiger partial charge in [0.2, 0.25) is 0 Å². The number of para-hydroxylation sites is 1. The summed E-state index contributed by atoms with van der Waals surface area (Å²) in [6.45, 7) is 5.59. The molecule has 1 N–H and O–H groups in total. The quantitative estimate of drug-likeness (QED) is 0.403. The maximum atomic E-state index is 13.0. The molecule has 0 fully saturated rings. The number of hydrogen-bond donors (Lipinski definition) is 1. The highest BCUT2D eigenvalue weighted by atomic mass is 32.2. The summed E-state index contributed by atoms with van der Waals surface area (Å²) in [5, 5.41) is 9.03. The number of aryl methyl sites for hydroxylation is 2. The number of benzene rings is 1. The van der Waals surface area contributed by atoms with Crippen LogP contribution in [0.1, 0.15) is 28.7 Å². The fraction of sp³-hybridized carbons (Fsp3) is 0.211. The van der Waals surface area contributed by atoms with Crippen LogP contribution < -0.4 is 0 Å². The number of carbonyl (C=O) groups excluding carboxylic acids is 1. The lowest BCUT2D eigenvalue weighted by Crippen LogP contribution is -2.14. The monoisotopic (exact) mass is 367 g/mol. The first-order chi connectivity index (χ1) is 12.5. The minimum atomic E-state index is -0.355. The topological polar surface area (TPSA) is 84.9 Å². The summed E-state index contributed by atoms with van der Waals surface area (Å²) in [5.74, 6) is 1.13. The van der Waals surface area contributed by atoms with Crippen molar-refractivity contribution in [2.24, 2.45) is 0 Å². The van der Waals surface area contributed by atoms with Crippen LogP contribution in [0, 0.1) is 13.8 Å². The van der Waals surface area contributed by atoms with Gasteiger partial charge in [-0.15, -0.1) is 10.2 Å². The third-order valence-electron chi connectivity index (χ3n) is 4.28. The van der Waals surface area contributed by atoms with Gasteiger partial charge in [-0.1, -0.05) is 30.0 Å². The summed E-state index contributed by atoms with van der Waals surface area (Å²) in [4.78, 5) is 16.3. The number of ketones is 1. The van der Waals surface area contributed by atoms with Crippen LogP contribution in [-0.2, 0) is 0 Å². The van der Waals surface area contributed by atoms with Gasteiger partial charge in [0.1, 0.15) is 5.76 Å². The number of aromatic amines is 1. The smallest absolute Gasteiger partial charge is 0.277 e. The number of hydrogen-bond acceptors (Lipinski definition) is 6. The molecule has 26 heavy (non-hydrogen) atoms. The first-order valence-corrected chi connectivity index (χ1v) is 9.08. The first-order valence-electron chi connectivity index (χ1n) is 8.20. The number of thioether (sulfide) groups is 1. The van der Waals surface area contributed by atoms with Crippen LogP contribution in [0.25, 0.3) is 22.4 Å². The Balaban J connectivity index is 1.57. The maximum absolute atomic E-state index is 13.0. The Morgan fingerprint density at radius 1 is 1.19 bits per heavy atom. The number of rotatable bonds is 5. The zero-order valence-corrected chi connectivity index (χ0v) is 15.4. The predicted molar refractivity (Wildman–Crippen MR) is 99.4 cm³/mol.